The van der Waals surface area contributed by atoms with Gasteiger partial charge < -0.3 is 19.1 Å². The standard InChI is InChI=1S/C41H40F5N3O3S/c1-27-22-29(28-12-14-32(15-13-28)41(44,45)46)10-11-30(27)24-48(33-16-18-47(19-17-33)20-21-52-2)38(51)25-49-36-9-4-3-7-34(36)37(50)23-39(49)53-26-31-6-5-8-35(42)40(31)43/h3-15,22-23,33H,16-21,24-26H2,1-2H3/i3D,4D,5D,6D,7D,8D,9D,10D,11D,12D,13D,14D,15D,16D2,17D2,18D2,19D2,22D,23D,25D2,33D. The molecule has 0 bridgehead atoms. The molecule has 6 rings (SSSR count). The number of carbonyl (C=O) groups excluding carboxylic acids is 1. The van der Waals surface area contributed by atoms with Gasteiger partial charge >= 0.3 is 6.18 Å². The Kier molecular flexibility index (Phi) is 5.44. The van der Waals surface area contributed by atoms with Gasteiger partial charge in [-0.25, -0.2) is 8.78 Å². The number of thioether (sulfide) groups is 1. The van der Waals surface area contributed by atoms with E-state index in [9.17, 15) is 32.0 Å². The third kappa shape index (κ3) is 9.00. The first kappa shape index (κ1) is 17.3. The van der Waals surface area contributed by atoms with Crippen LogP contribution in [0.25, 0.3) is 22.0 Å². The number of carbonyl (C=O) groups is 1. The zero-order valence-electron chi connectivity index (χ0n) is 53.2. The summed E-state index contributed by atoms with van der Waals surface area (Å²) in [5.74, 6) is -7.81. The Labute approximate surface area is 345 Å². The molecule has 0 saturated carbocycles. The van der Waals surface area contributed by atoms with Gasteiger partial charge in [0.1, 0.15) is 6.50 Å². The molecule has 0 atom stereocenters. The number of para-hydroxylation sites is 1. The molecule has 2 heterocycles. The lowest BCUT2D eigenvalue weighted by Crippen LogP contribution is -2.48. The topological polar surface area (TPSA) is 54.8 Å². The second-order valence-electron chi connectivity index (χ2n) is 10.7. The molecule has 4 aromatic carbocycles. The van der Waals surface area contributed by atoms with Gasteiger partial charge in [-0.1, -0.05) is 54.4 Å². The van der Waals surface area contributed by atoms with Gasteiger partial charge in [0.25, 0.3) is 0 Å². The molecule has 6 nitrogen and oxygen atoms in total. The largest absolute Gasteiger partial charge is 0.416 e. The van der Waals surface area contributed by atoms with Gasteiger partial charge in [0.2, 0.25) is 5.91 Å². The summed E-state index contributed by atoms with van der Waals surface area (Å²) in [6.45, 7) is -15.3. The van der Waals surface area contributed by atoms with Crippen LogP contribution in [0.15, 0.2) is 100 Å². The summed E-state index contributed by atoms with van der Waals surface area (Å²) < 4.78 is 307. The van der Waals surface area contributed by atoms with Crippen LogP contribution in [0.3, 0.4) is 0 Å². The second kappa shape index (κ2) is 16.7. The highest BCUT2D eigenvalue weighted by Crippen LogP contribution is 2.32. The molecule has 1 fully saturated rings. The Morgan fingerprint density at radius 2 is 1.72 bits per heavy atom. The summed E-state index contributed by atoms with van der Waals surface area (Å²) in [6.07, 6.45) is -14.3. The molecular formula is C41H40F5N3O3S. The van der Waals surface area contributed by atoms with Crippen LogP contribution in [-0.4, -0.2) is 59.5 Å². The summed E-state index contributed by atoms with van der Waals surface area (Å²) in [5, 5.41) is -2.60. The lowest BCUT2D eigenvalue weighted by Gasteiger charge is -2.39. The van der Waals surface area contributed by atoms with Crippen molar-refractivity contribution in [2.24, 2.45) is 0 Å². The van der Waals surface area contributed by atoms with Crippen LogP contribution in [0.4, 0.5) is 22.0 Å². The minimum atomic E-state index is -5.49. The first-order chi connectivity index (χ1) is 35.9. The van der Waals surface area contributed by atoms with Crippen molar-refractivity contribution in [1.29, 1.82) is 0 Å². The Morgan fingerprint density at radius 3 is 2.43 bits per heavy atom. The third-order valence-electron chi connectivity index (χ3n) is 7.18. The fourth-order valence-electron chi connectivity index (χ4n) is 4.49. The Bertz CT molecular complexity index is 3380. The first-order valence-corrected chi connectivity index (χ1v) is 15.9. The highest BCUT2D eigenvalue weighted by Gasteiger charge is 2.31. The molecule has 0 spiro atoms. The smallest absolute Gasteiger partial charge is 0.383 e. The predicted molar refractivity (Wildman–Crippen MR) is 198 cm³/mol. The molecule has 1 aliphatic heterocycles. The van der Waals surface area contributed by atoms with Crippen LogP contribution in [0.1, 0.15) is 70.6 Å². The van der Waals surface area contributed by atoms with Crippen LogP contribution < -0.4 is 5.43 Å². The number of rotatable bonds is 12. The van der Waals surface area contributed by atoms with Gasteiger partial charge in [-0.15, -0.1) is 11.8 Å². The molecule has 0 N–H and O–H groups in total. The van der Waals surface area contributed by atoms with Crippen LogP contribution in [-0.2, 0) is 34.5 Å². The molecule has 5 aromatic rings. The van der Waals surface area contributed by atoms with Gasteiger partial charge in [0.05, 0.1) is 47.4 Å². The number of halogens is 5. The molecule has 0 aliphatic carbocycles. The lowest BCUT2D eigenvalue weighted by atomic mass is 9.97. The van der Waals surface area contributed by atoms with E-state index in [1.165, 1.54) is 0 Å². The number of hydrogen-bond acceptors (Lipinski definition) is 5. The van der Waals surface area contributed by atoms with Crippen molar-refractivity contribution < 1.29 is 67.1 Å². The van der Waals surface area contributed by atoms with Crippen molar-refractivity contribution in [3.8, 4) is 11.1 Å². The van der Waals surface area contributed by atoms with Crippen molar-refractivity contribution in [1.82, 2.24) is 14.4 Å². The number of pyridine rings is 1. The van der Waals surface area contributed by atoms with Crippen LogP contribution in [0, 0.1) is 18.6 Å². The number of methoxy groups -OCH3 is 1. The van der Waals surface area contributed by atoms with E-state index in [2.05, 4.69) is 0 Å². The molecule has 12 heteroatoms. The van der Waals surface area contributed by atoms with Crippen molar-refractivity contribution >= 4 is 28.6 Å². The highest BCUT2D eigenvalue weighted by molar-refractivity contribution is 7.98. The number of hydrogen-bond donors (Lipinski definition) is 0. The van der Waals surface area contributed by atoms with Gasteiger partial charge in [-0.2, -0.15) is 13.2 Å². The van der Waals surface area contributed by atoms with E-state index in [4.69, 9.17) is 30.8 Å². The van der Waals surface area contributed by atoms with Gasteiger partial charge in [0, 0.05) is 72.9 Å². The number of nitrogens with zero attached hydrogens (tertiary/aromatic N) is 3. The monoisotopic (exact) mass is 775 g/mol. The highest BCUT2D eigenvalue weighted by atomic mass is 32.2. The van der Waals surface area contributed by atoms with Crippen molar-refractivity contribution in [2.45, 2.75) is 55.7 Å². The van der Waals surface area contributed by atoms with Gasteiger partial charge in [0.15, 0.2) is 17.1 Å². The van der Waals surface area contributed by atoms with Crippen molar-refractivity contribution in [2.75, 3.05) is 33.3 Å². The number of piperidine rings is 1. The number of aromatic nitrogens is 1. The summed E-state index contributed by atoms with van der Waals surface area (Å²) in [7, 11) is 1.03. The number of ether oxygens (including phenoxy) is 1. The summed E-state index contributed by atoms with van der Waals surface area (Å²) in [5.41, 5.74) is -10.3. The predicted octanol–water partition coefficient (Wildman–Crippen LogP) is 8.71. The normalized spacial score (nSPS) is 25.9. The number of fused-ring (bicyclic) bond motifs is 1. The molecule has 1 aliphatic rings. The molecule has 1 amide bonds. The summed E-state index contributed by atoms with van der Waals surface area (Å²) >= 11 is -0.144. The van der Waals surface area contributed by atoms with E-state index in [1.807, 2.05) is 0 Å². The van der Waals surface area contributed by atoms with Crippen molar-refractivity contribution in [3.05, 3.63) is 135 Å². The molecule has 0 radical (unpaired) electrons. The van der Waals surface area contributed by atoms with Gasteiger partial charge in [-0.05, 0) is 72.1 Å². The zero-order valence-corrected chi connectivity index (χ0v) is 28.0. The quantitative estimate of drug-likeness (QED) is 0.0939. The minimum absolute atomic E-state index is 0.0693. The lowest BCUT2D eigenvalue weighted by molar-refractivity contribution is -0.137. The van der Waals surface area contributed by atoms with E-state index >= 15 is 9.18 Å². The Morgan fingerprint density at radius 1 is 1.00 bits per heavy atom. The Balaban J connectivity index is 1.78. The molecular weight excluding hydrogens is 710 g/mol. The molecule has 0 unspecified atom stereocenters. The van der Waals surface area contributed by atoms with Crippen LogP contribution >= 0.6 is 11.8 Å². The number of likely N-dealkylation sites (tertiary alicyclic amines) is 1. The zero-order chi connectivity index (χ0) is 60.6. The fraction of sp³-hybridized carbons (Fsp3) is 0.317. The molecule has 1 saturated heterocycles. The van der Waals surface area contributed by atoms with Crippen LogP contribution in [0.2, 0.25) is 0 Å². The maximum Gasteiger partial charge on any atom is 0.416 e. The maximum atomic E-state index is 15.9. The average molecular weight is 776 g/mol. The number of benzene rings is 4. The molecule has 1 aromatic heterocycles. The third-order valence-corrected chi connectivity index (χ3v) is 8.17. The van der Waals surface area contributed by atoms with Crippen molar-refractivity contribution in [3.63, 3.8) is 0 Å². The number of alkyl halides is 3. The fourth-order valence-corrected chi connectivity index (χ4v) is 5.40. The van der Waals surface area contributed by atoms with Gasteiger partial charge in [-0.3, -0.25) is 9.59 Å². The molecule has 278 valence electrons. The average Bonchev–Trinajstić information content (AvgIpc) is 3.55. The Hall–Kier alpha value is -4.52. The second-order valence-corrected chi connectivity index (χ2v) is 11.6. The molecule has 53 heavy (non-hydrogen) atoms. The van der Waals surface area contributed by atoms with E-state index in [0.29, 0.717) is 0 Å². The first-order valence-electron chi connectivity index (χ1n) is 27.9. The van der Waals surface area contributed by atoms with E-state index < -0.39 is 238 Å². The maximum absolute atomic E-state index is 15.9. The van der Waals surface area contributed by atoms with E-state index in [0.717, 1.165) is 14.0 Å². The number of amides is 1. The SMILES string of the molecule is [2H]c1c([2H])c(F)c(F)c(CSc2c([2H])c(=O)c3c([2H])c([2H])c([2H])c([2H])c3n2C([2H])([2H])C(=O)N(Cc2c([2H])c([2H])c(-c3c([2H])c([2H])c(C(F)(F)F)c([2H])c3[2H])c([2H])c2C)C2([2H])C([2H])([2H])C([2H])([2H])N(CCOC)C([2H])([2H])C2([2H])[2H])c1[2H]. The van der Waals surface area contributed by atoms with Crippen LogP contribution in [0.5, 0.6) is 0 Å². The minimum Gasteiger partial charge on any atom is -0.383 e. The summed E-state index contributed by atoms with van der Waals surface area (Å²) in [4.78, 5) is 29.3. The summed E-state index contributed by atoms with van der Waals surface area (Å²) in [6, 6.07) is -25.5. The van der Waals surface area contributed by atoms with E-state index in [-0.39, 0.29) is 21.2 Å². The van der Waals surface area contributed by atoms with E-state index in [1.54, 1.807) is 0 Å².